The van der Waals surface area contributed by atoms with Crippen molar-refractivity contribution in [1.82, 2.24) is 0 Å². The maximum atomic E-state index is 9.13. The van der Waals surface area contributed by atoms with Gasteiger partial charge in [0.2, 0.25) is 0 Å². The summed E-state index contributed by atoms with van der Waals surface area (Å²) in [6, 6.07) is 0. The van der Waals surface area contributed by atoms with Gasteiger partial charge >= 0.3 is 0 Å². The third-order valence-electron chi connectivity index (χ3n) is 4.35. The van der Waals surface area contributed by atoms with Crippen LogP contribution >= 0.6 is 0 Å². The lowest BCUT2D eigenvalue weighted by atomic mass is 9.77. The topological polar surface area (TPSA) is 46.2 Å². The molecule has 2 heteroatoms. The number of nitrogens with two attached hydrogens (primary N) is 1. The van der Waals surface area contributed by atoms with Gasteiger partial charge in [-0.1, -0.05) is 26.7 Å². The molecule has 0 radical (unpaired) electrons. The molecule has 1 aliphatic rings. The monoisotopic (exact) mass is 213 g/mol. The summed E-state index contributed by atoms with van der Waals surface area (Å²) < 4.78 is 0. The highest BCUT2D eigenvalue weighted by Crippen LogP contribution is 2.40. The Labute approximate surface area is 94.2 Å². The molecule has 0 saturated heterocycles. The lowest BCUT2D eigenvalue weighted by Gasteiger charge is -2.31. The van der Waals surface area contributed by atoms with Gasteiger partial charge in [0, 0.05) is 6.61 Å². The molecule has 0 aromatic rings. The van der Waals surface area contributed by atoms with Crippen molar-refractivity contribution in [3.63, 3.8) is 0 Å². The molecule has 1 fully saturated rings. The lowest BCUT2D eigenvalue weighted by Crippen LogP contribution is -2.31. The van der Waals surface area contributed by atoms with Crippen molar-refractivity contribution in [3.8, 4) is 0 Å². The second-order valence-electron chi connectivity index (χ2n) is 5.61. The Morgan fingerprint density at radius 1 is 1.33 bits per heavy atom. The maximum Gasteiger partial charge on any atom is 0.0436 e. The summed E-state index contributed by atoms with van der Waals surface area (Å²) in [4.78, 5) is 0. The minimum atomic E-state index is 0.248. The Morgan fingerprint density at radius 3 is 2.60 bits per heavy atom. The zero-order valence-electron chi connectivity index (χ0n) is 10.3. The highest BCUT2D eigenvalue weighted by Gasteiger charge is 2.32. The SMILES string of the molecule is CC(C)C1CCCC(CN)(CCO)CC1. The molecule has 1 saturated carbocycles. The predicted octanol–water partition coefficient (Wildman–Crippen LogP) is 2.55. The predicted molar refractivity (Wildman–Crippen MR) is 64.6 cm³/mol. The van der Waals surface area contributed by atoms with E-state index >= 15 is 0 Å². The van der Waals surface area contributed by atoms with Crippen LogP contribution in [0, 0.1) is 17.3 Å². The van der Waals surface area contributed by atoms with Crippen molar-refractivity contribution in [2.75, 3.05) is 13.2 Å². The molecule has 3 N–H and O–H groups in total. The van der Waals surface area contributed by atoms with Crippen LogP contribution in [0.4, 0.5) is 0 Å². The minimum absolute atomic E-state index is 0.248. The molecule has 1 rings (SSSR count). The first-order valence-electron chi connectivity index (χ1n) is 6.44. The van der Waals surface area contributed by atoms with Crippen LogP contribution in [0.5, 0.6) is 0 Å². The molecule has 0 spiro atoms. The number of rotatable bonds is 4. The van der Waals surface area contributed by atoms with E-state index in [2.05, 4.69) is 13.8 Å². The van der Waals surface area contributed by atoms with Crippen LogP contribution in [-0.2, 0) is 0 Å². The molecule has 1 aliphatic carbocycles. The van der Waals surface area contributed by atoms with Gasteiger partial charge in [0.25, 0.3) is 0 Å². The van der Waals surface area contributed by atoms with E-state index < -0.39 is 0 Å². The third kappa shape index (κ3) is 3.46. The third-order valence-corrected chi connectivity index (χ3v) is 4.35. The van der Waals surface area contributed by atoms with Crippen molar-refractivity contribution >= 4 is 0 Å². The van der Waals surface area contributed by atoms with Gasteiger partial charge in [0.15, 0.2) is 0 Å². The first-order valence-corrected chi connectivity index (χ1v) is 6.44. The van der Waals surface area contributed by atoms with Crippen LogP contribution < -0.4 is 5.73 Å². The van der Waals surface area contributed by atoms with E-state index in [1.165, 1.54) is 32.1 Å². The van der Waals surface area contributed by atoms with Crippen molar-refractivity contribution < 1.29 is 5.11 Å². The molecule has 0 aromatic heterocycles. The van der Waals surface area contributed by atoms with E-state index in [9.17, 15) is 0 Å². The summed E-state index contributed by atoms with van der Waals surface area (Å²) in [6.45, 7) is 5.69. The van der Waals surface area contributed by atoms with Crippen molar-refractivity contribution in [1.29, 1.82) is 0 Å². The molecule has 0 bridgehead atoms. The summed E-state index contributed by atoms with van der Waals surface area (Å²) >= 11 is 0. The van der Waals surface area contributed by atoms with Gasteiger partial charge in [-0.15, -0.1) is 0 Å². The van der Waals surface area contributed by atoms with Crippen LogP contribution in [-0.4, -0.2) is 18.3 Å². The minimum Gasteiger partial charge on any atom is -0.396 e. The fourth-order valence-electron chi connectivity index (χ4n) is 2.96. The fraction of sp³-hybridized carbons (Fsp3) is 1.00. The number of hydrogen-bond acceptors (Lipinski definition) is 2. The molecule has 90 valence electrons. The first-order chi connectivity index (χ1) is 7.13. The molecule has 0 heterocycles. The Bertz CT molecular complexity index is 181. The lowest BCUT2D eigenvalue weighted by molar-refractivity contribution is 0.163. The second kappa shape index (κ2) is 5.86. The van der Waals surface area contributed by atoms with Gasteiger partial charge in [0.05, 0.1) is 0 Å². The number of aliphatic hydroxyl groups is 1. The van der Waals surface area contributed by atoms with Crippen LogP contribution in [0.25, 0.3) is 0 Å². The van der Waals surface area contributed by atoms with Crippen LogP contribution in [0.15, 0.2) is 0 Å². The van der Waals surface area contributed by atoms with Gasteiger partial charge in [-0.05, 0) is 49.5 Å². The zero-order chi connectivity index (χ0) is 11.3. The molecule has 15 heavy (non-hydrogen) atoms. The van der Waals surface area contributed by atoms with Crippen LogP contribution in [0.2, 0.25) is 0 Å². The Hall–Kier alpha value is -0.0800. The molecular formula is C13H27NO. The number of hydrogen-bond donors (Lipinski definition) is 2. The van der Waals surface area contributed by atoms with Gasteiger partial charge in [-0.25, -0.2) is 0 Å². The standard InChI is InChI=1S/C13H27NO/c1-11(2)12-4-3-6-13(10-14,7-5-12)8-9-15/h11-12,15H,3-10,14H2,1-2H3. The van der Waals surface area contributed by atoms with E-state index in [1.807, 2.05) is 0 Å². The quantitative estimate of drug-likeness (QED) is 0.705. The normalized spacial score (nSPS) is 33.0. The first kappa shape index (κ1) is 13.0. The molecule has 2 atom stereocenters. The molecule has 0 aliphatic heterocycles. The van der Waals surface area contributed by atoms with Crippen molar-refractivity contribution in [2.24, 2.45) is 23.0 Å². The highest BCUT2D eigenvalue weighted by atomic mass is 16.3. The van der Waals surface area contributed by atoms with Gasteiger partial charge in [-0.3, -0.25) is 0 Å². The fourth-order valence-corrected chi connectivity index (χ4v) is 2.96. The highest BCUT2D eigenvalue weighted by molar-refractivity contribution is 4.85. The van der Waals surface area contributed by atoms with E-state index in [-0.39, 0.29) is 5.41 Å². The van der Waals surface area contributed by atoms with Crippen molar-refractivity contribution in [3.05, 3.63) is 0 Å². The Morgan fingerprint density at radius 2 is 2.07 bits per heavy atom. The average Bonchev–Trinajstić information content (AvgIpc) is 2.42. The summed E-state index contributed by atoms with van der Waals surface area (Å²) in [5, 5.41) is 9.13. The smallest absolute Gasteiger partial charge is 0.0436 e. The van der Waals surface area contributed by atoms with Gasteiger partial charge in [0.1, 0.15) is 0 Å². The van der Waals surface area contributed by atoms with E-state index in [0.717, 1.165) is 24.8 Å². The molecule has 2 nitrogen and oxygen atoms in total. The molecule has 0 aromatic carbocycles. The summed E-state index contributed by atoms with van der Waals surface area (Å²) in [5.41, 5.74) is 6.15. The van der Waals surface area contributed by atoms with Crippen LogP contribution in [0.1, 0.15) is 52.4 Å². The van der Waals surface area contributed by atoms with Crippen molar-refractivity contribution in [2.45, 2.75) is 52.4 Å². The van der Waals surface area contributed by atoms with Gasteiger partial charge in [-0.2, -0.15) is 0 Å². The van der Waals surface area contributed by atoms with E-state index in [1.54, 1.807) is 0 Å². The second-order valence-corrected chi connectivity index (χ2v) is 5.61. The Balaban J connectivity index is 2.56. The van der Waals surface area contributed by atoms with E-state index in [0.29, 0.717) is 6.61 Å². The summed E-state index contributed by atoms with van der Waals surface area (Å²) in [5.74, 6) is 1.67. The van der Waals surface area contributed by atoms with E-state index in [4.69, 9.17) is 10.8 Å². The summed E-state index contributed by atoms with van der Waals surface area (Å²) in [6.07, 6.45) is 7.27. The number of aliphatic hydroxyl groups excluding tert-OH is 1. The molecule has 0 amide bonds. The largest absolute Gasteiger partial charge is 0.396 e. The molecule has 2 unspecified atom stereocenters. The zero-order valence-corrected chi connectivity index (χ0v) is 10.3. The van der Waals surface area contributed by atoms with Crippen LogP contribution in [0.3, 0.4) is 0 Å². The molecular weight excluding hydrogens is 186 g/mol. The Kier molecular flexibility index (Phi) is 5.07. The average molecular weight is 213 g/mol. The summed E-state index contributed by atoms with van der Waals surface area (Å²) in [7, 11) is 0. The van der Waals surface area contributed by atoms with Gasteiger partial charge < -0.3 is 10.8 Å². The maximum absolute atomic E-state index is 9.13.